The first-order valence-corrected chi connectivity index (χ1v) is 7.01. The van der Waals surface area contributed by atoms with Crippen molar-refractivity contribution in [2.75, 3.05) is 5.75 Å². The first-order chi connectivity index (χ1) is 8.25. The summed E-state index contributed by atoms with van der Waals surface area (Å²) in [6.07, 6.45) is 0.372. The number of thioether (sulfide) groups is 1. The van der Waals surface area contributed by atoms with Gasteiger partial charge in [-0.2, -0.15) is 16.7 Å². The number of hydrogen-bond donors (Lipinski definition) is 1. The van der Waals surface area contributed by atoms with Gasteiger partial charge in [0.15, 0.2) is 0 Å². The maximum atomic E-state index is 10.5. The van der Waals surface area contributed by atoms with E-state index in [0.29, 0.717) is 29.6 Å². The van der Waals surface area contributed by atoms with Gasteiger partial charge < -0.3 is 10.3 Å². The van der Waals surface area contributed by atoms with Crippen LogP contribution in [0, 0.1) is 0 Å². The Kier molecular flexibility index (Phi) is 4.16. The first kappa shape index (κ1) is 12.1. The summed E-state index contributed by atoms with van der Waals surface area (Å²) in [5.41, 5.74) is 5.04. The van der Waals surface area contributed by atoms with Gasteiger partial charge in [-0.3, -0.25) is 4.79 Å². The molecule has 1 amide bonds. The maximum Gasteiger partial charge on any atom is 0.236 e. The largest absolute Gasteiger partial charge is 0.370 e. The molecule has 7 heteroatoms. The summed E-state index contributed by atoms with van der Waals surface area (Å²) < 4.78 is 5.10. The summed E-state index contributed by atoms with van der Waals surface area (Å²) in [6, 6.07) is 3.89. The van der Waals surface area contributed by atoms with Gasteiger partial charge in [-0.15, -0.1) is 11.3 Å². The zero-order chi connectivity index (χ0) is 12.1. The van der Waals surface area contributed by atoms with Crippen LogP contribution < -0.4 is 5.73 Å². The number of thiophene rings is 1. The van der Waals surface area contributed by atoms with E-state index in [4.69, 9.17) is 10.3 Å². The molecule has 2 aromatic rings. The predicted octanol–water partition coefficient (Wildman–Crippen LogP) is 1.91. The lowest BCUT2D eigenvalue weighted by Gasteiger charge is -1.93. The molecule has 0 aromatic carbocycles. The number of nitrogens with two attached hydrogens (primary N) is 1. The van der Waals surface area contributed by atoms with Crippen LogP contribution in [0.4, 0.5) is 0 Å². The van der Waals surface area contributed by atoms with Gasteiger partial charge in [0.05, 0.1) is 10.6 Å². The van der Waals surface area contributed by atoms with Gasteiger partial charge in [0, 0.05) is 12.2 Å². The normalized spacial score (nSPS) is 10.6. The number of rotatable bonds is 6. The molecule has 0 atom stereocenters. The van der Waals surface area contributed by atoms with Crippen LogP contribution in [-0.4, -0.2) is 21.8 Å². The molecule has 2 heterocycles. The van der Waals surface area contributed by atoms with E-state index in [1.807, 2.05) is 17.5 Å². The second-order valence-corrected chi connectivity index (χ2v) is 5.31. The number of hydrogen-bond acceptors (Lipinski definition) is 6. The number of nitrogens with zero attached hydrogens (tertiary/aromatic N) is 2. The monoisotopic (exact) mass is 269 g/mol. The fourth-order valence-corrected chi connectivity index (χ4v) is 2.58. The average Bonchev–Trinajstić information content (AvgIpc) is 2.94. The van der Waals surface area contributed by atoms with E-state index in [1.54, 1.807) is 23.1 Å². The molecular formula is C10H11N3O2S2. The molecule has 0 unspecified atom stereocenters. The minimum atomic E-state index is -0.290. The van der Waals surface area contributed by atoms with Gasteiger partial charge in [0.1, 0.15) is 0 Å². The second-order valence-electron chi connectivity index (χ2n) is 3.26. The molecule has 0 fully saturated rings. The van der Waals surface area contributed by atoms with E-state index < -0.39 is 0 Å². The molecule has 17 heavy (non-hydrogen) atoms. The van der Waals surface area contributed by atoms with Crippen LogP contribution in [0.15, 0.2) is 22.0 Å². The summed E-state index contributed by atoms with van der Waals surface area (Å²) in [6.45, 7) is 0. The van der Waals surface area contributed by atoms with Crippen LogP contribution in [0.5, 0.6) is 0 Å². The smallest absolute Gasteiger partial charge is 0.236 e. The fourth-order valence-electron chi connectivity index (χ4n) is 1.15. The van der Waals surface area contributed by atoms with Crippen molar-refractivity contribution < 1.29 is 9.32 Å². The van der Waals surface area contributed by atoms with Crippen LogP contribution in [0.3, 0.4) is 0 Å². The number of carbonyl (C=O) groups is 1. The summed E-state index contributed by atoms with van der Waals surface area (Å²) >= 11 is 3.12. The van der Waals surface area contributed by atoms with E-state index in [0.717, 1.165) is 4.88 Å². The van der Waals surface area contributed by atoms with E-state index in [9.17, 15) is 4.79 Å². The first-order valence-electron chi connectivity index (χ1n) is 4.98. The third-order valence-corrected chi connectivity index (χ3v) is 3.74. The predicted molar refractivity (Wildman–Crippen MR) is 67.6 cm³/mol. The molecule has 0 saturated carbocycles. The molecule has 0 aliphatic rings. The third-order valence-electron chi connectivity index (χ3n) is 1.93. The Bertz CT molecular complexity index is 481. The van der Waals surface area contributed by atoms with Gasteiger partial charge in [0.25, 0.3) is 0 Å². The Hall–Kier alpha value is -1.34. The highest BCUT2D eigenvalue weighted by molar-refractivity contribution is 7.98. The van der Waals surface area contributed by atoms with Gasteiger partial charge in [-0.25, -0.2) is 0 Å². The Morgan fingerprint density at radius 1 is 1.59 bits per heavy atom. The lowest BCUT2D eigenvalue weighted by molar-refractivity contribution is -0.117. The molecule has 0 saturated heterocycles. The standard InChI is InChI=1S/C10H11N3O2S2/c11-8(14)3-5-16-6-9-12-10(13-15-9)7-2-1-4-17-7/h1-2,4H,3,5-6H2,(H2,11,14). The van der Waals surface area contributed by atoms with Crippen molar-refractivity contribution in [3.8, 4) is 10.7 Å². The second kappa shape index (κ2) is 5.83. The van der Waals surface area contributed by atoms with E-state index in [1.165, 1.54) is 0 Å². The van der Waals surface area contributed by atoms with Crippen molar-refractivity contribution in [3.63, 3.8) is 0 Å². The highest BCUT2D eigenvalue weighted by Gasteiger charge is 2.09. The van der Waals surface area contributed by atoms with Crippen molar-refractivity contribution >= 4 is 29.0 Å². The molecule has 90 valence electrons. The fraction of sp³-hybridized carbons (Fsp3) is 0.300. The van der Waals surface area contributed by atoms with Crippen molar-refractivity contribution in [1.82, 2.24) is 10.1 Å². The highest BCUT2D eigenvalue weighted by atomic mass is 32.2. The molecule has 0 radical (unpaired) electrons. The Morgan fingerprint density at radius 2 is 2.47 bits per heavy atom. The van der Waals surface area contributed by atoms with Crippen molar-refractivity contribution in [2.45, 2.75) is 12.2 Å². The SMILES string of the molecule is NC(=O)CCSCc1nc(-c2cccs2)no1. The zero-order valence-corrected chi connectivity index (χ0v) is 10.6. The van der Waals surface area contributed by atoms with Gasteiger partial charge >= 0.3 is 0 Å². The molecule has 0 aliphatic heterocycles. The zero-order valence-electron chi connectivity index (χ0n) is 8.96. The quantitative estimate of drug-likeness (QED) is 0.810. The van der Waals surface area contributed by atoms with Gasteiger partial charge in [0.2, 0.25) is 17.6 Å². The molecule has 0 aliphatic carbocycles. The number of primary amides is 1. The van der Waals surface area contributed by atoms with Gasteiger partial charge in [-0.1, -0.05) is 11.2 Å². The molecule has 2 N–H and O–H groups in total. The van der Waals surface area contributed by atoms with Crippen LogP contribution >= 0.6 is 23.1 Å². The van der Waals surface area contributed by atoms with Crippen LogP contribution in [0.2, 0.25) is 0 Å². The number of carbonyl (C=O) groups excluding carboxylic acids is 1. The highest BCUT2D eigenvalue weighted by Crippen LogP contribution is 2.22. The van der Waals surface area contributed by atoms with Crippen molar-refractivity contribution in [1.29, 1.82) is 0 Å². The lowest BCUT2D eigenvalue weighted by Crippen LogP contribution is -2.10. The molecule has 2 rings (SSSR count). The lowest BCUT2D eigenvalue weighted by atomic mass is 10.4. The Labute approximate surface area is 106 Å². The third kappa shape index (κ3) is 3.57. The topological polar surface area (TPSA) is 82.0 Å². The summed E-state index contributed by atoms with van der Waals surface area (Å²) in [5, 5.41) is 5.86. The molecular weight excluding hydrogens is 258 g/mol. The van der Waals surface area contributed by atoms with Crippen LogP contribution in [0.1, 0.15) is 12.3 Å². The van der Waals surface area contributed by atoms with Gasteiger partial charge in [-0.05, 0) is 11.4 Å². The van der Waals surface area contributed by atoms with Crippen LogP contribution in [-0.2, 0) is 10.5 Å². The summed E-state index contributed by atoms with van der Waals surface area (Å²) in [7, 11) is 0. The molecule has 2 aromatic heterocycles. The Balaban J connectivity index is 1.84. The molecule has 5 nitrogen and oxygen atoms in total. The van der Waals surface area contributed by atoms with Crippen molar-refractivity contribution in [3.05, 3.63) is 23.4 Å². The molecule has 0 bridgehead atoms. The number of aromatic nitrogens is 2. The summed E-state index contributed by atoms with van der Waals surface area (Å²) in [5.74, 6) is 2.17. The van der Waals surface area contributed by atoms with E-state index in [2.05, 4.69) is 10.1 Å². The molecule has 0 spiro atoms. The van der Waals surface area contributed by atoms with Crippen LogP contribution in [0.25, 0.3) is 10.7 Å². The maximum absolute atomic E-state index is 10.5. The van der Waals surface area contributed by atoms with E-state index in [-0.39, 0.29) is 5.91 Å². The summed E-state index contributed by atoms with van der Waals surface area (Å²) in [4.78, 5) is 15.8. The minimum absolute atomic E-state index is 0.290. The van der Waals surface area contributed by atoms with E-state index >= 15 is 0 Å². The minimum Gasteiger partial charge on any atom is -0.370 e. The number of amides is 1. The van der Waals surface area contributed by atoms with Crippen molar-refractivity contribution in [2.24, 2.45) is 5.73 Å². The average molecular weight is 269 g/mol. The Morgan fingerprint density at radius 3 is 3.18 bits per heavy atom.